The molecule has 2 heterocycles. The molecule has 1 saturated heterocycles. The Morgan fingerprint density at radius 3 is 3.27 bits per heavy atom. The quantitative estimate of drug-likeness (QED) is 0.762. The summed E-state index contributed by atoms with van der Waals surface area (Å²) < 4.78 is 11.0. The van der Waals surface area contributed by atoms with Gasteiger partial charge in [-0.1, -0.05) is 0 Å². The van der Waals surface area contributed by atoms with E-state index in [0.29, 0.717) is 5.92 Å². The molecule has 1 N–H and O–H groups in total. The zero-order chi connectivity index (χ0) is 10.3. The van der Waals surface area contributed by atoms with Gasteiger partial charge in [-0.25, -0.2) is 0 Å². The first-order valence-electron chi connectivity index (χ1n) is 5.42. The fourth-order valence-electron chi connectivity index (χ4n) is 2.49. The van der Waals surface area contributed by atoms with E-state index in [1.54, 1.807) is 7.11 Å². The first-order valence-corrected chi connectivity index (χ1v) is 5.42. The Labute approximate surface area is 89.4 Å². The van der Waals surface area contributed by atoms with Crippen LogP contribution in [0.3, 0.4) is 0 Å². The lowest BCUT2D eigenvalue weighted by Crippen LogP contribution is -2.24. The minimum absolute atomic E-state index is 0.274. The third kappa shape index (κ3) is 1.38. The number of hydrogen-bond acceptors (Lipinski definition) is 3. The molecule has 80 valence electrons. The Hall–Kier alpha value is -1.22. The number of nitrogens with one attached hydrogen (secondary N) is 1. The minimum atomic E-state index is 0.274. The predicted molar refractivity (Wildman–Crippen MR) is 58.3 cm³/mol. The van der Waals surface area contributed by atoms with Gasteiger partial charge in [0.2, 0.25) is 0 Å². The van der Waals surface area contributed by atoms with Crippen molar-refractivity contribution in [1.29, 1.82) is 0 Å². The van der Waals surface area contributed by atoms with Gasteiger partial charge in [0.15, 0.2) is 0 Å². The molecule has 1 fully saturated rings. The standard InChI is InChI=1S/C12H15NO2/c1-14-9-2-3-11-10(6-9)12-8(7-13-11)4-5-15-12/h2-3,6,8,12-13H,4-5,7H2,1H3/t8-,12-/m1/s1. The molecule has 0 radical (unpaired) electrons. The zero-order valence-corrected chi connectivity index (χ0v) is 8.82. The molecule has 0 saturated carbocycles. The van der Waals surface area contributed by atoms with Crippen molar-refractivity contribution in [3.05, 3.63) is 23.8 Å². The molecular weight excluding hydrogens is 190 g/mol. The Balaban J connectivity index is 2.03. The molecule has 0 aromatic heterocycles. The highest BCUT2D eigenvalue weighted by Crippen LogP contribution is 2.42. The normalized spacial score (nSPS) is 27.8. The number of ether oxygens (including phenoxy) is 2. The van der Waals surface area contributed by atoms with Crippen molar-refractivity contribution in [3.63, 3.8) is 0 Å². The van der Waals surface area contributed by atoms with Crippen LogP contribution < -0.4 is 10.1 Å². The molecule has 2 aliphatic rings. The van der Waals surface area contributed by atoms with Gasteiger partial charge in [-0.05, 0) is 24.6 Å². The van der Waals surface area contributed by atoms with E-state index < -0.39 is 0 Å². The molecule has 2 atom stereocenters. The second-order valence-electron chi connectivity index (χ2n) is 4.17. The Kier molecular flexibility index (Phi) is 2.06. The van der Waals surface area contributed by atoms with E-state index >= 15 is 0 Å². The third-order valence-electron chi connectivity index (χ3n) is 3.33. The summed E-state index contributed by atoms with van der Waals surface area (Å²) in [6, 6.07) is 6.15. The summed E-state index contributed by atoms with van der Waals surface area (Å²) in [5.74, 6) is 1.54. The first-order chi connectivity index (χ1) is 7.38. The summed E-state index contributed by atoms with van der Waals surface area (Å²) >= 11 is 0. The highest BCUT2D eigenvalue weighted by molar-refractivity contribution is 5.57. The van der Waals surface area contributed by atoms with Crippen LogP contribution in [0.5, 0.6) is 5.75 Å². The highest BCUT2D eigenvalue weighted by Gasteiger charge is 2.34. The summed E-state index contributed by atoms with van der Waals surface area (Å²) in [5.41, 5.74) is 2.45. The van der Waals surface area contributed by atoms with Gasteiger partial charge in [-0.3, -0.25) is 0 Å². The van der Waals surface area contributed by atoms with Crippen molar-refractivity contribution >= 4 is 5.69 Å². The summed E-state index contributed by atoms with van der Waals surface area (Å²) in [6.07, 6.45) is 1.44. The smallest absolute Gasteiger partial charge is 0.119 e. The van der Waals surface area contributed by atoms with Crippen LogP contribution in [0, 0.1) is 5.92 Å². The fourth-order valence-corrected chi connectivity index (χ4v) is 2.49. The van der Waals surface area contributed by atoms with E-state index in [1.165, 1.54) is 11.3 Å². The van der Waals surface area contributed by atoms with Gasteiger partial charge in [-0.2, -0.15) is 0 Å². The lowest BCUT2D eigenvalue weighted by atomic mass is 9.90. The van der Waals surface area contributed by atoms with Crippen LogP contribution in [0.4, 0.5) is 5.69 Å². The van der Waals surface area contributed by atoms with E-state index in [4.69, 9.17) is 9.47 Å². The van der Waals surface area contributed by atoms with Gasteiger partial charge in [0.25, 0.3) is 0 Å². The minimum Gasteiger partial charge on any atom is -0.497 e. The molecule has 0 aliphatic carbocycles. The average Bonchev–Trinajstić information content (AvgIpc) is 2.76. The van der Waals surface area contributed by atoms with Crippen molar-refractivity contribution in [2.24, 2.45) is 5.92 Å². The fraction of sp³-hybridized carbons (Fsp3) is 0.500. The summed E-state index contributed by atoms with van der Waals surface area (Å²) in [4.78, 5) is 0. The largest absolute Gasteiger partial charge is 0.497 e. The van der Waals surface area contributed by atoms with Gasteiger partial charge >= 0.3 is 0 Å². The lowest BCUT2D eigenvalue weighted by molar-refractivity contribution is 0.0910. The van der Waals surface area contributed by atoms with Gasteiger partial charge < -0.3 is 14.8 Å². The predicted octanol–water partition coefficient (Wildman–Crippen LogP) is 2.20. The van der Waals surface area contributed by atoms with Crippen LogP contribution in [-0.4, -0.2) is 20.3 Å². The topological polar surface area (TPSA) is 30.5 Å². The van der Waals surface area contributed by atoms with E-state index in [0.717, 1.165) is 25.3 Å². The molecular formula is C12H15NO2. The van der Waals surface area contributed by atoms with E-state index in [9.17, 15) is 0 Å². The zero-order valence-electron chi connectivity index (χ0n) is 8.82. The molecule has 3 nitrogen and oxygen atoms in total. The monoisotopic (exact) mass is 205 g/mol. The van der Waals surface area contributed by atoms with Gasteiger partial charge in [0, 0.05) is 30.3 Å². The first kappa shape index (κ1) is 9.04. The van der Waals surface area contributed by atoms with Crippen LogP contribution >= 0.6 is 0 Å². The summed E-state index contributed by atoms with van der Waals surface area (Å²) in [7, 11) is 1.70. The Morgan fingerprint density at radius 1 is 1.47 bits per heavy atom. The number of anilines is 1. The second-order valence-corrected chi connectivity index (χ2v) is 4.17. The molecule has 15 heavy (non-hydrogen) atoms. The van der Waals surface area contributed by atoms with Gasteiger partial charge in [0.05, 0.1) is 13.2 Å². The Bertz CT molecular complexity index is 378. The maximum absolute atomic E-state index is 5.79. The molecule has 0 bridgehead atoms. The number of fused-ring (bicyclic) bond motifs is 3. The third-order valence-corrected chi connectivity index (χ3v) is 3.33. The van der Waals surface area contributed by atoms with Gasteiger partial charge in [0.1, 0.15) is 5.75 Å². The van der Waals surface area contributed by atoms with Gasteiger partial charge in [-0.15, -0.1) is 0 Å². The molecule has 0 unspecified atom stereocenters. The van der Waals surface area contributed by atoms with Crippen LogP contribution in [0.15, 0.2) is 18.2 Å². The number of hydrogen-bond donors (Lipinski definition) is 1. The second kappa shape index (κ2) is 3.42. The van der Waals surface area contributed by atoms with Crippen molar-refractivity contribution in [3.8, 4) is 5.75 Å². The molecule has 2 aliphatic heterocycles. The van der Waals surface area contributed by atoms with Crippen LogP contribution in [-0.2, 0) is 4.74 Å². The summed E-state index contributed by atoms with van der Waals surface area (Å²) in [5, 5.41) is 3.45. The Morgan fingerprint density at radius 2 is 2.40 bits per heavy atom. The maximum Gasteiger partial charge on any atom is 0.119 e. The van der Waals surface area contributed by atoms with Crippen LogP contribution in [0.2, 0.25) is 0 Å². The van der Waals surface area contributed by atoms with Crippen molar-refractivity contribution in [2.45, 2.75) is 12.5 Å². The molecule has 0 spiro atoms. The van der Waals surface area contributed by atoms with E-state index in [2.05, 4.69) is 17.4 Å². The average molecular weight is 205 g/mol. The maximum atomic E-state index is 5.79. The van der Waals surface area contributed by atoms with Crippen molar-refractivity contribution in [1.82, 2.24) is 0 Å². The number of benzene rings is 1. The number of rotatable bonds is 1. The molecule has 1 aromatic rings. The lowest BCUT2D eigenvalue weighted by Gasteiger charge is -2.28. The molecule has 3 heteroatoms. The molecule has 3 rings (SSSR count). The SMILES string of the molecule is COc1ccc2c(c1)[C@@H]1OCC[C@@H]1CN2. The number of methoxy groups -OCH3 is 1. The van der Waals surface area contributed by atoms with E-state index in [1.807, 2.05) is 6.07 Å². The molecule has 1 aromatic carbocycles. The van der Waals surface area contributed by atoms with Crippen LogP contribution in [0.1, 0.15) is 18.1 Å². The summed E-state index contributed by atoms with van der Waals surface area (Å²) in [6.45, 7) is 1.91. The van der Waals surface area contributed by atoms with Crippen molar-refractivity contribution < 1.29 is 9.47 Å². The van der Waals surface area contributed by atoms with Crippen LogP contribution in [0.25, 0.3) is 0 Å². The molecule has 0 amide bonds. The van der Waals surface area contributed by atoms with E-state index in [-0.39, 0.29) is 6.10 Å². The van der Waals surface area contributed by atoms with Crippen molar-refractivity contribution in [2.75, 3.05) is 25.6 Å². The highest BCUT2D eigenvalue weighted by atomic mass is 16.5.